The van der Waals surface area contributed by atoms with E-state index < -0.39 is 0 Å². The summed E-state index contributed by atoms with van der Waals surface area (Å²) in [6, 6.07) is 15.5. The topological polar surface area (TPSA) is 15.6 Å². The van der Waals surface area contributed by atoms with E-state index in [1.54, 1.807) is 0 Å². The quantitative estimate of drug-likeness (QED) is 0.645. The Kier molecular flexibility index (Phi) is 3.93. The maximum atomic E-state index is 4.92. The summed E-state index contributed by atoms with van der Waals surface area (Å²) in [5.41, 5.74) is 5.12. The van der Waals surface area contributed by atoms with Gasteiger partial charge in [0.2, 0.25) is 0 Å². The Hall–Kier alpha value is -1.13. The molecule has 4 heteroatoms. The highest BCUT2D eigenvalue weighted by Gasteiger charge is 2.33. The van der Waals surface area contributed by atoms with Crippen LogP contribution >= 0.6 is 32.9 Å². The predicted molar refractivity (Wildman–Crippen MR) is 97.9 cm³/mol. The molecule has 2 nitrogen and oxygen atoms in total. The van der Waals surface area contributed by atoms with Crippen LogP contribution in [0.5, 0.6) is 0 Å². The van der Waals surface area contributed by atoms with Gasteiger partial charge >= 0.3 is 0 Å². The lowest BCUT2D eigenvalue weighted by atomic mass is 9.93. The van der Waals surface area contributed by atoms with Crippen LogP contribution in [-0.4, -0.2) is 18.4 Å². The summed E-state index contributed by atoms with van der Waals surface area (Å²) in [6.07, 6.45) is 1.09. The van der Waals surface area contributed by atoms with Crippen molar-refractivity contribution in [1.29, 1.82) is 0 Å². The van der Waals surface area contributed by atoms with E-state index in [1.807, 2.05) is 0 Å². The fourth-order valence-electron chi connectivity index (χ4n) is 3.10. The van der Waals surface area contributed by atoms with E-state index in [-0.39, 0.29) is 17.0 Å². The molecule has 2 aromatic rings. The van der Waals surface area contributed by atoms with Gasteiger partial charge in [0.05, 0.1) is 11.7 Å². The van der Waals surface area contributed by atoms with Crippen molar-refractivity contribution in [2.24, 2.45) is 4.99 Å². The molecule has 108 valence electrons. The first-order chi connectivity index (χ1) is 9.78. The van der Waals surface area contributed by atoms with Crippen molar-refractivity contribution in [3.05, 3.63) is 52.5 Å². The molecule has 0 amide bonds. The van der Waals surface area contributed by atoms with Crippen molar-refractivity contribution < 1.29 is 0 Å². The van der Waals surface area contributed by atoms with Gasteiger partial charge in [-0.1, -0.05) is 47.1 Å². The third kappa shape index (κ3) is 2.25. The Morgan fingerprint density at radius 1 is 1.14 bits per heavy atom. The van der Waals surface area contributed by atoms with Crippen molar-refractivity contribution in [2.75, 3.05) is 11.4 Å². The van der Waals surface area contributed by atoms with Crippen molar-refractivity contribution in [3.63, 3.8) is 0 Å². The third-order valence-corrected chi connectivity index (χ3v) is 4.63. The molecular weight excluding hydrogens is 392 g/mol. The summed E-state index contributed by atoms with van der Waals surface area (Å²) in [4.78, 5) is 7.30. The van der Waals surface area contributed by atoms with Crippen molar-refractivity contribution in [1.82, 2.24) is 0 Å². The Labute approximate surface area is 143 Å². The Balaban J connectivity index is 0.00000132. The molecule has 0 fully saturated rings. The highest BCUT2D eigenvalue weighted by atomic mass is 79.9. The minimum Gasteiger partial charge on any atom is -0.323 e. The molecule has 1 atom stereocenters. The molecule has 0 aromatic heterocycles. The summed E-state index contributed by atoms with van der Waals surface area (Å²) in [6.45, 7) is 3.20. The Bertz CT molecular complexity index is 724. The number of hydrogen-bond donors (Lipinski definition) is 0. The van der Waals surface area contributed by atoms with Crippen LogP contribution in [0.2, 0.25) is 0 Å². The minimum atomic E-state index is 0. The van der Waals surface area contributed by atoms with Gasteiger partial charge in [-0.2, -0.15) is 0 Å². The van der Waals surface area contributed by atoms with Crippen LogP contribution in [0.3, 0.4) is 0 Å². The molecule has 0 saturated carbocycles. The molecule has 0 aliphatic carbocycles. The number of benzene rings is 2. The van der Waals surface area contributed by atoms with Gasteiger partial charge in [0, 0.05) is 22.1 Å². The van der Waals surface area contributed by atoms with Crippen LogP contribution in [-0.2, 0) is 0 Å². The van der Waals surface area contributed by atoms with E-state index in [0.29, 0.717) is 6.04 Å². The molecule has 2 heterocycles. The maximum Gasteiger partial charge on any atom is 0.136 e. The van der Waals surface area contributed by atoms with Gasteiger partial charge in [0.25, 0.3) is 0 Å². The number of amidine groups is 1. The predicted octanol–water partition coefficient (Wildman–Crippen LogP) is 5.05. The zero-order valence-corrected chi connectivity index (χ0v) is 15.0. The molecule has 1 unspecified atom stereocenters. The Morgan fingerprint density at radius 2 is 1.90 bits per heavy atom. The second kappa shape index (κ2) is 5.58. The van der Waals surface area contributed by atoms with Crippen LogP contribution in [0.25, 0.3) is 11.1 Å². The molecule has 2 aliphatic rings. The lowest BCUT2D eigenvalue weighted by Crippen LogP contribution is -2.33. The minimum absolute atomic E-state index is 0. The number of fused-ring (bicyclic) bond motifs is 6. The monoisotopic (exact) mass is 406 g/mol. The molecule has 0 bridgehead atoms. The summed E-state index contributed by atoms with van der Waals surface area (Å²) in [5.74, 6) is 1.14. The molecule has 4 rings (SSSR count). The van der Waals surface area contributed by atoms with Gasteiger partial charge in [-0.05, 0) is 30.2 Å². The largest absolute Gasteiger partial charge is 0.323 e. The molecule has 21 heavy (non-hydrogen) atoms. The third-order valence-electron chi connectivity index (χ3n) is 4.13. The second-order valence-corrected chi connectivity index (χ2v) is 6.25. The summed E-state index contributed by atoms with van der Waals surface area (Å²) in [5, 5.41) is 0. The zero-order valence-electron chi connectivity index (χ0n) is 11.7. The van der Waals surface area contributed by atoms with Crippen molar-refractivity contribution in [2.45, 2.75) is 19.4 Å². The van der Waals surface area contributed by atoms with Crippen LogP contribution < -0.4 is 4.90 Å². The first-order valence-electron chi connectivity index (χ1n) is 7.02. The fourth-order valence-corrected chi connectivity index (χ4v) is 3.46. The molecular formula is C17H16Br2N2. The van der Waals surface area contributed by atoms with Gasteiger partial charge in [0.1, 0.15) is 5.84 Å². The SMILES string of the molecule is Br.CCC1CN2C(=N1)c1ccccc1-c1cc(Br)ccc12. The van der Waals surface area contributed by atoms with Crippen LogP contribution in [0.4, 0.5) is 5.69 Å². The molecule has 0 saturated heterocycles. The second-order valence-electron chi connectivity index (χ2n) is 5.33. The van der Waals surface area contributed by atoms with Gasteiger partial charge in [-0.3, -0.25) is 4.99 Å². The fraction of sp³-hybridized carbons (Fsp3) is 0.235. The van der Waals surface area contributed by atoms with Gasteiger partial charge in [-0.15, -0.1) is 17.0 Å². The smallest absolute Gasteiger partial charge is 0.136 e. The molecule has 2 aliphatic heterocycles. The van der Waals surface area contributed by atoms with E-state index in [9.17, 15) is 0 Å². The lowest BCUT2D eigenvalue weighted by molar-refractivity contribution is 0.693. The number of anilines is 1. The summed E-state index contributed by atoms with van der Waals surface area (Å²) in [7, 11) is 0. The highest BCUT2D eigenvalue weighted by molar-refractivity contribution is 9.10. The highest BCUT2D eigenvalue weighted by Crippen LogP contribution is 2.42. The van der Waals surface area contributed by atoms with Crippen molar-refractivity contribution in [3.8, 4) is 11.1 Å². The lowest BCUT2D eigenvalue weighted by Gasteiger charge is -2.30. The number of rotatable bonds is 1. The number of hydrogen-bond acceptors (Lipinski definition) is 2. The van der Waals surface area contributed by atoms with E-state index >= 15 is 0 Å². The van der Waals surface area contributed by atoms with E-state index in [0.717, 1.165) is 23.3 Å². The zero-order chi connectivity index (χ0) is 13.7. The van der Waals surface area contributed by atoms with Crippen LogP contribution in [0, 0.1) is 0 Å². The van der Waals surface area contributed by atoms with E-state index in [2.05, 4.69) is 70.2 Å². The molecule has 2 aromatic carbocycles. The standard InChI is InChI=1S/C17H15BrN2.BrH/c1-2-12-10-20-16-8-7-11(18)9-15(16)13-5-3-4-6-14(13)17(20)19-12;/h3-9,12H,2,10H2,1H3;1H. The number of aliphatic imine (C=N–C) groups is 1. The average molecular weight is 408 g/mol. The summed E-state index contributed by atoms with van der Waals surface area (Å²) >= 11 is 3.59. The van der Waals surface area contributed by atoms with Gasteiger partial charge < -0.3 is 4.90 Å². The Morgan fingerprint density at radius 3 is 2.67 bits per heavy atom. The molecule has 0 N–H and O–H groups in total. The summed E-state index contributed by atoms with van der Waals surface area (Å²) < 4.78 is 1.12. The van der Waals surface area contributed by atoms with Crippen molar-refractivity contribution >= 4 is 44.4 Å². The molecule has 0 spiro atoms. The van der Waals surface area contributed by atoms with Gasteiger partial charge in [-0.25, -0.2) is 0 Å². The first-order valence-corrected chi connectivity index (χ1v) is 7.82. The molecule has 0 radical (unpaired) electrons. The van der Waals surface area contributed by atoms with E-state index in [4.69, 9.17) is 4.99 Å². The maximum absolute atomic E-state index is 4.92. The number of halogens is 2. The van der Waals surface area contributed by atoms with Gasteiger partial charge in [0.15, 0.2) is 0 Å². The average Bonchev–Trinajstić information content (AvgIpc) is 2.92. The van der Waals surface area contributed by atoms with E-state index in [1.165, 1.54) is 22.4 Å². The number of nitrogens with zero attached hydrogens (tertiary/aromatic N) is 2. The van der Waals surface area contributed by atoms with Crippen LogP contribution in [0.15, 0.2) is 51.9 Å². The first kappa shape index (κ1) is 14.8. The normalized spacial score (nSPS) is 18.3. The van der Waals surface area contributed by atoms with Crippen LogP contribution in [0.1, 0.15) is 18.9 Å².